The first-order valence-corrected chi connectivity index (χ1v) is 6.88. The predicted molar refractivity (Wildman–Crippen MR) is 77.6 cm³/mol. The summed E-state index contributed by atoms with van der Waals surface area (Å²) in [6.07, 6.45) is 1.83. The lowest BCUT2D eigenvalue weighted by Crippen LogP contribution is -2.24. The zero-order valence-electron chi connectivity index (χ0n) is 11.5. The molecule has 0 bridgehead atoms. The summed E-state index contributed by atoms with van der Waals surface area (Å²) in [6, 6.07) is 6.72. The third kappa shape index (κ3) is 2.85. The van der Waals surface area contributed by atoms with Gasteiger partial charge in [-0.1, -0.05) is 12.1 Å². The van der Waals surface area contributed by atoms with E-state index in [-0.39, 0.29) is 5.91 Å². The van der Waals surface area contributed by atoms with Gasteiger partial charge in [0, 0.05) is 32.7 Å². The third-order valence-corrected chi connectivity index (χ3v) is 3.60. The monoisotopic (exact) mass is 289 g/mol. The van der Waals surface area contributed by atoms with Gasteiger partial charge in [-0.3, -0.25) is 9.59 Å². The molecule has 0 N–H and O–H groups in total. The van der Waals surface area contributed by atoms with Crippen molar-refractivity contribution in [3.05, 3.63) is 51.8 Å². The molecule has 1 aromatic heterocycles. The Hall–Kier alpha value is -2.21. The molecule has 20 heavy (non-hydrogen) atoms. The number of carbonyl (C=O) groups is 2. The van der Waals surface area contributed by atoms with E-state index in [0.29, 0.717) is 15.9 Å². The van der Waals surface area contributed by atoms with Gasteiger partial charge in [0.2, 0.25) is 0 Å². The number of hydrogen-bond acceptors (Lipinski definition) is 3. The van der Waals surface area contributed by atoms with E-state index in [2.05, 4.69) is 4.99 Å². The van der Waals surface area contributed by atoms with Gasteiger partial charge >= 0.3 is 0 Å². The largest absolute Gasteiger partial charge is 0.345 e. The topological polar surface area (TPSA) is 54.7 Å². The second-order valence-corrected chi connectivity index (χ2v) is 5.33. The zero-order valence-corrected chi connectivity index (χ0v) is 12.3. The number of hydrogen-bond donors (Lipinski definition) is 0. The van der Waals surface area contributed by atoms with E-state index in [1.807, 2.05) is 18.6 Å². The molecule has 104 valence electrons. The summed E-state index contributed by atoms with van der Waals surface area (Å²) >= 11 is 1.37. The molecule has 6 heteroatoms. The maximum Gasteiger partial charge on any atom is 0.280 e. The standard InChI is InChI=1S/C14H15N3O2S/c1-16(2)13(19)11-7-5-4-6-10(11)12(18)15-14-17(3)8-9-20-14/h4-9H,1-3H3. The van der Waals surface area contributed by atoms with Crippen molar-refractivity contribution in [2.75, 3.05) is 14.1 Å². The molecule has 0 radical (unpaired) electrons. The number of nitrogens with zero attached hydrogens (tertiary/aromatic N) is 3. The smallest absolute Gasteiger partial charge is 0.280 e. The normalized spacial score (nSPS) is 11.4. The SMILES string of the molecule is CN(C)C(=O)c1ccccc1C(=O)N=c1sccn1C. The molecule has 1 heterocycles. The number of rotatable bonds is 2. The van der Waals surface area contributed by atoms with Crippen LogP contribution in [0.25, 0.3) is 0 Å². The minimum atomic E-state index is -0.408. The molecule has 0 aliphatic carbocycles. The number of amides is 2. The molecule has 0 aliphatic heterocycles. The lowest BCUT2D eigenvalue weighted by molar-refractivity contribution is 0.0820. The highest BCUT2D eigenvalue weighted by atomic mass is 32.1. The van der Waals surface area contributed by atoms with Crippen LogP contribution >= 0.6 is 11.3 Å². The second kappa shape index (κ2) is 5.83. The summed E-state index contributed by atoms with van der Waals surface area (Å²) in [4.78, 5) is 30.4. The summed E-state index contributed by atoms with van der Waals surface area (Å²) in [5.41, 5.74) is 0.685. The molecule has 0 fully saturated rings. The number of aromatic nitrogens is 1. The summed E-state index contributed by atoms with van der Waals surface area (Å²) < 4.78 is 1.76. The Kier molecular flexibility index (Phi) is 4.14. The maximum absolute atomic E-state index is 12.3. The van der Waals surface area contributed by atoms with Gasteiger partial charge in [-0.15, -0.1) is 11.3 Å². The fourth-order valence-electron chi connectivity index (χ4n) is 1.68. The Morgan fingerprint density at radius 1 is 1.20 bits per heavy atom. The molecular weight excluding hydrogens is 274 g/mol. The quantitative estimate of drug-likeness (QED) is 0.842. The highest BCUT2D eigenvalue weighted by molar-refractivity contribution is 7.07. The molecule has 2 aromatic rings. The summed E-state index contributed by atoms with van der Waals surface area (Å²) in [5.74, 6) is -0.617. The predicted octanol–water partition coefficient (Wildman–Crippen LogP) is 1.53. The molecular formula is C14H15N3O2S. The number of carbonyl (C=O) groups excluding carboxylic acids is 2. The molecule has 0 atom stereocenters. The van der Waals surface area contributed by atoms with E-state index >= 15 is 0 Å². The van der Waals surface area contributed by atoms with Crippen molar-refractivity contribution in [3.8, 4) is 0 Å². The highest BCUT2D eigenvalue weighted by Gasteiger charge is 2.17. The zero-order chi connectivity index (χ0) is 14.7. The van der Waals surface area contributed by atoms with Crippen LogP contribution in [0.2, 0.25) is 0 Å². The molecule has 2 amide bonds. The van der Waals surface area contributed by atoms with Crippen molar-refractivity contribution in [2.45, 2.75) is 0 Å². The first-order chi connectivity index (χ1) is 9.50. The minimum absolute atomic E-state index is 0.209. The lowest BCUT2D eigenvalue weighted by Gasteiger charge is -2.12. The van der Waals surface area contributed by atoms with Crippen LogP contribution in [0.15, 0.2) is 40.8 Å². The Morgan fingerprint density at radius 3 is 2.40 bits per heavy atom. The van der Waals surface area contributed by atoms with E-state index in [1.165, 1.54) is 16.2 Å². The van der Waals surface area contributed by atoms with Gasteiger partial charge in [-0.2, -0.15) is 4.99 Å². The molecule has 0 spiro atoms. The van der Waals surface area contributed by atoms with Crippen molar-refractivity contribution >= 4 is 23.2 Å². The Balaban J connectivity index is 2.47. The fraction of sp³-hybridized carbons (Fsp3) is 0.214. The van der Waals surface area contributed by atoms with Crippen LogP contribution in [0, 0.1) is 0 Å². The van der Waals surface area contributed by atoms with E-state index in [9.17, 15) is 9.59 Å². The number of benzene rings is 1. The Labute approximate surface area is 120 Å². The van der Waals surface area contributed by atoms with Crippen LogP contribution in [0.3, 0.4) is 0 Å². The van der Waals surface area contributed by atoms with Gasteiger partial charge in [0.15, 0.2) is 4.80 Å². The molecule has 0 saturated heterocycles. The van der Waals surface area contributed by atoms with Gasteiger partial charge in [0.05, 0.1) is 11.1 Å². The fourth-order valence-corrected chi connectivity index (χ4v) is 2.41. The molecule has 0 aliphatic rings. The first kappa shape index (κ1) is 14.2. The Bertz CT molecular complexity index is 713. The number of thiazole rings is 1. The molecule has 0 unspecified atom stereocenters. The van der Waals surface area contributed by atoms with Crippen LogP contribution in [-0.2, 0) is 7.05 Å². The number of aryl methyl sites for hydroxylation is 1. The highest BCUT2D eigenvalue weighted by Crippen LogP contribution is 2.12. The summed E-state index contributed by atoms with van der Waals surface area (Å²) in [6.45, 7) is 0. The van der Waals surface area contributed by atoms with Crippen LogP contribution in [-0.4, -0.2) is 35.4 Å². The van der Waals surface area contributed by atoms with E-state index in [0.717, 1.165) is 0 Å². The summed E-state index contributed by atoms with van der Waals surface area (Å²) in [5, 5.41) is 1.85. The van der Waals surface area contributed by atoms with E-state index in [1.54, 1.807) is 42.9 Å². The van der Waals surface area contributed by atoms with Crippen LogP contribution in [0.5, 0.6) is 0 Å². The van der Waals surface area contributed by atoms with Gasteiger partial charge < -0.3 is 9.47 Å². The van der Waals surface area contributed by atoms with Crippen LogP contribution < -0.4 is 4.80 Å². The minimum Gasteiger partial charge on any atom is -0.345 e. The average molecular weight is 289 g/mol. The van der Waals surface area contributed by atoms with Crippen molar-refractivity contribution in [1.29, 1.82) is 0 Å². The maximum atomic E-state index is 12.3. The second-order valence-electron chi connectivity index (χ2n) is 4.46. The van der Waals surface area contributed by atoms with Crippen LogP contribution in [0.4, 0.5) is 0 Å². The molecule has 0 saturated carbocycles. The van der Waals surface area contributed by atoms with Crippen molar-refractivity contribution < 1.29 is 9.59 Å². The Morgan fingerprint density at radius 2 is 1.85 bits per heavy atom. The van der Waals surface area contributed by atoms with E-state index < -0.39 is 5.91 Å². The van der Waals surface area contributed by atoms with Crippen molar-refractivity contribution in [2.24, 2.45) is 12.0 Å². The van der Waals surface area contributed by atoms with Gasteiger partial charge in [0.1, 0.15) is 0 Å². The molecule has 5 nitrogen and oxygen atoms in total. The van der Waals surface area contributed by atoms with Crippen molar-refractivity contribution in [1.82, 2.24) is 9.47 Å². The molecule has 2 rings (SSSR count). The summed E-state index contributed by atoms with van der Waals surface area (Å²) in [7, 11) is 5.12. The van der Waals surface area contributed by atoms with E-state index in [4.69, 9.17) is 0 Å². The van der Waals surface area contributed by atoms with Gasteiger partial charge in [0.25, 0.3) is 11.8 Å². The molecule has 1 aromatic carbocycles. The average Bonchev–Trinajstić information content (AvgIpc) is 2.83. The lowest BCUT2D eigenvalue weighted by atomic mass is 10.1. The van der Waals surface area contributed by atoms with Gasteiger partial charge in [-0.05, 0) is 12.1 Å². The third-order valence-electron chi connectivity index (χ3n) is 2.75. The first-order valence-electron chi connectivity index (χ1n) is 6.00. The van der Waals surface area contributed by atoms with Crippen LogP contribution in [0.1, 0.15) is 20.7 Å². The van der Waals surface area contributed by atoms with Gasteiger partial charge in [-0.25, -0.2) is 0 Å². The van der Waals surface area contributed by atoms with Crippen molar-refractivity contribution in [3.63, 3.8) is 0 Å².